The number of carbonyl (C=O) groups is 1. The predicted molar refractivity (Wildman–Crippen MR) is 109 cm³/mol. The monoisotopic (exact) mass is 461 g/mol. The zero-order valence-corrected chi connectivity index (χ0v) is 16.6. The number of hydrazone groups is 1. The number of hydrogen-bond donors (Lipinski definition) is 1. The Hall–Kier alpha value is -2.97. The summed E-state index contributed by atoms with van der Waals surface area (Å²) in [6, 6.07) is 15.1. The van der Waals surface area contributed by atoms with Crippen LogP contribution in [0.15, 0.2) is 68.6 Å². The number of furan rings is 1. The quantitative estimate of drug-likeness (QED) is 0.318. The molecule has 28 heavy (non-hydrogen) atoms. The lowest BCUT2D eigenvalue weighted by atomic mass is 10.1. The van der Waals surface area contributed by atoms with Gasteiger partial charge in [-0.2, -0.15) is 5.10 Å². The number of nitro groups is 1. The van der Waals surface area contributed by atoms with Crippen molar-refractivity contribution < 1.29 is 14.1 Å². The summed E-state index contributed by atoms with van der Waals surface area (Å²) in [5.74, 6) is 0.539. The first-order valence-corrected chi connectivity index (χ1v) is 9.20. The van der Waals surface area contributed by atoms with E-state index in [1.165, 1.54) is 18.3 Å². The average molecular weight is 463 g/mol. The van der Waals surface area contributed by atoms with Gasteiger partial charge in [0, 0.05) is 16.1 Å². The van der Waals surface area contributed by atoms with Crippen molar-refractivity contribution in [1.82, 2.24) is 5.43 Å². The molecule has 0 spiro atoms. The normalized spacial score (nSPS) is 10.9. The number of benzene rings is 2. The minimum atomic E-state index is -0.557. The molecule has 7 nitrogen and oxygen atoms in total. The lowest BCUT2D eigenvalue weighted by molar-refractivity contribution is -0.384. The standard InChI is InChI=1S/C19H13BrClN3O4/c20-14-4-1-12(2-5-14)9-19(25)23-22-11-15-6-8-18(28-15)13-3-7-16(21)17(10-13)24(26)27/h1-8,10-11H,9H2,(H,23,25)/b22-11+. The second-order valence-electron chi connectivity index (χ2n) is 5.72. The Bertz CT molecular complexity index is 1050. The molecule has 1 N–H and O–H groups in total. The molecular weight excluding hydrogens is 450 g/mol. The van der Waals surface area contributed by atoms with Crippen LogP contribution >= 0.6 is 27.5 Å². The zero-order valence-electron chi connectivity index (χ0n) is 14.3. The molecule has 0 aliphatic rings. The van der Waals surface area contributed by atoms with E-state index in [0.717, 1.165) is 10.0 Å². The largest absolute Gasteiger partial charge is 0.455 e. The number of amides is 1. The first-order chi connectivity index (χ1) is 13.4. The van der Waals surface area contributed by atoms with Crippen LogP contribution in [0.2, 0.25) is 5.02 Å². The van der Waals surface area contributed by atoms with Crippen molar-refractivity contribution in [2.24, 2.45) is 5.10 Å². The third-order valence-corrected chi connectivity index (χ3v) is 4.56. The number of rotatable bonds is 6. The van der Waals surface area contributed by atoms with Crippen LogP contribution in [0.5, 0.6) is 0 Å². The molecule has 0 atom stereocenters. The Morgan fingerprint density at radius 3 is 2.68 bits per heavy atom. The Morgan fingerprint density at radius 1 is 1.21 bits per heavy atom. The summed E-state index contributed by atoms with van der Waals surface area (Å²) in [6.45, 7) is 0. The smallest absolute Gasteiger partial charge is 0.288 e. The van der Waals surface area contributed by atoms with E-state index in [0.29, 0.717) is 17.1 Å². The number of hydrogen-bond acceptors (Lipinski definition) is 5. The van der Waals surface area contributed by atoms with Crippen molar-refractivity contribution in [3.8, 4) is 11.3 Å². The third-order valence-electron chi connectivity index (χ3n) is 3.71. The molecule has 0 fully saturated rings. The average Bonchev–Trinajstić information content (AvgIpc) is 3.12. The lowest BCUT2D eigenvalue weighted by Crippen LogP contribution is -2.19. The number of nitro benzene ring substituents is 1. The van der Waals surface area contributed by atoms with Crippen LogP contribution in [0.3, 0.4) is 0 Å². The zero-order chi connectivity index (χ0) is 20.1. The summed E-state index contributed by atoms with van der Waals surface area (Å²) in [4.78, 5) is 22.3. The fraction of sp³-hybridized carbons (Fsp3) is 0.0526. The number of carbonyl (C=O) groups excluding carboxylic acids is 1. The lowest BCUT2D eigenvalue weighted by Gasteiger charge is -2.00. The molecule has 0 unspecified atom stereocenters. The van der Waals surface area contributed by atoms with E-state index in [1.54, 1.807) is 18.2 Å². The third kappa shape index (κ3) is 5.05. The van der Waals surface area contributed by atoms with Gasteiger partial charge < -0.3 is 4.42 Å². The molecule has 0 saturated heterocycles. The number of halogens is 2. The minimum absolute atomic E-state index is 0.0515. The molecule has 3 rings (SSSR count). The van der Waals surface area contributed by atoms with E-state index in [9.17, 15) is 14.9 Å². The summed E-state index contributed by atoms with van der Waals surface area (Å²) in [7, 11) is 0. The van der Waals surface area contributed by atoms with Crippen LogP contribution in [-0.2, 0) is 11.2 Å². The maximum absolute atomic E-state index is 11.9. The molecule has 0 aliphatic heterocycles. The molecular formula is C19H13BrClN3O4. The molecule has 0 aliphatic carbocycles. The van der Waals surface area contributed by atoms with E-state index in [2.05, 4.69) is 26.5 Å². The van der Waals surface area contributed by atoms with Crippen LogP contribution in [0, 0.1) is 10.1 Å². The molecule has 9 heteroatoms. The van der Waals surface area contributed by atoms with Crippen molar-refractivity contribution >= 4 is 45.3 Å². The van der Waals surface area contributed by atoms with Gasteiger partial charge in [0.25, 0.3) is 5.69 Å². The highest BCUT2D eigenvalue weighted by molar-refractivity contribution is 9.10. The molecule has 1 aromatic heterocycles. The fourth-order valence-corrected chi connectivity index (χ4v) is 2.83. The highest BCUT2D eigenvalue weighted by Crippen LogP contribution is 2.31. The van der Waals surface area contributed by atoms with Gasteiger partial charge in [0.15, 0.2) is 0 Å². The first kappa shape index (κ1) is 19.8. The van der Waals surface area contributed by atoms with Gasteiger partial charge in [-0.05, 0) is 42.0 Å². The summed E-state index contributed by atoms with van der Waals surface area (Å²) in [6.07, 6.45) is 1.55. The molecule has 3 aromatic rings. The highest BCUT2D eigenvalue weighted by Gasteiger charge is 2.15. The van der Waals surface area contributed by atoms with Gasteiger partial charge in [0.1, 0.15) is 16.5 Å². The van der Waals surface area contributed by atoms with Gasteiger partial charge in [0.05, 0.1) is 17.6 Å². The van der Waals surface area contributed by atoms with Crippen LogP contribution in [0.1, 0.15) is 11.3 Å². The Kier molecular flexibility index (Phi) is 6.23. The Labute approximate surface area is 173 Å². The van der Waals surface area contributed by atoms with E-state index >= 15 is 0 Å². The molecule has 0 saturated carbocycles. The second kappa shape index (κ2) is 8.81. The molecule has 1 amide bonds. The van der Waals surface area contributed by atoms with Crippen molar-refractivity contribution in [1.29, 1.82) is 0 Å². The molecule has 142 valence electrons. The minimum Gasteiger partial charge on any atom is -0.455 e. The topological polar surface area (TPSA) is 97.7 Å². The van der Waals surface area contributed by atoms with Crippen molar-refractivity contribution in [3.63, 3.8) is 0 Å². The van der Waals surface area contributed by atoms with E-state index in [1.807, 2.05) is 24.3 Å². The maximum atomic E-state index is 11.9. The van der Waals surface area contributed by atoms with Gasteiger partial charge in [-0.1, -0.05) is 39.7 Å². The van der Waals surface area contributed by atoms with E-state index in [4.69, 9.17) is 16.0 Å². The summed E-state index contributed by atoms with van der Waals surface area (Å²) in [5, 5.41) is 14.9. The van der Waals surface area contributed by atoms with E-state index < -0.39 is 4.92 Å². The van der Waals surface area contributed by atoms with E-state index in [-0.39, 0.29) is 23.0 Å². The molecule has 2 aromatic carbocycles. The van der Waals surface area contributed by atoms with Crippen LogP contribution in [0.4, 0.5) is 5.69 Å². The summed E-state index contributed by atoms with van der Waals surface area (Å²) in [5.41, 5.74) is 3.59. The first-order valence-electron chi connectivity index (χ1n) is 8.03. The Morgan fingerprint density at radius 2 is 1.96 bits per heavy atom. The van der Waals surface area contributed by atoms with Gasteiger partial charge in [-0.15, -0.1) is 0 Å². The number of nitrogens with zero attached hydrogens (tertiary/aromatic N) is 2. The SMILES string of the molecule is O=C(Cc1ccc(Br)cc1)N/N=C/c1ccc(-c2ccc(Cl)c([N+](=O)[O-])c2)o1. The highest BCUT2D eigenvalue weighted by atomic mass is 79.9. The van der Waals surface area contributed by atoms with Crippen LogP contribution < -0.4 is 5.43 Å². The number of nitrogens with one attached hydrogen (secondary N) is 1. The van der Waals surface area contributed by atoms with Crippen LogP contribution in [0.25, 0.3) is 11.3 Å². The second-order valence-corrected chi connectivity index (χ2v) is 7.04. The van der Waals surface area contributed by atoms with Gasteiger partial charge in [-0.3, -0.25) is 14.9 Å². The molecule has 1 heterocycles. The molecule has 0 radical (unpaired) electrons. The van der Waals surface area contributed by atoms with Gasteiger partial charge >= 0.3 is 0 Å². The van der Waals surface area contributed by atoms with Crippen molar-refractivity contribution in [3.05, 3.63) is 85.5 Å². The molecule has 0 bridgehead atoms. The van der Waals surface area contributed by atoms with Crippen molar-refractivity contribution in [2.75, 3.05) is 0 Å². The van der Waals surface area contributed by atoms with Gasteiger partial charge in [-0.25, -0.2) is 5.43 Å². The maximum Gasteiger partial charge on any atom is 0.288 e. The Balaban J connectivity index is 1.62. The van der Waals surface area contributed by atoms with Gasteiger partial charge in [0.2, 0.25) is 5.91 Å². The van der Waals surface area contributed by atoms with Crippen molar-refractivity contribution in [2.45, 2.75) is 6.42 Å². The van der Waals surface area contributed by atoms with Crippen LogP contribution in [-0.4, -0.2) is 17.0 Å². The predicted octanol–water partition coefficient (Wildman–Crippen LogP) is 4.96. The fourth-order valence-electron chi connectivity index (χ4n) is 2.38. The summed E-state index contributed by atoms with van der Waals surface area (Å²) >= 11 is 9.15. The summed E-state index contributed by atoms with van der Waals surface area (Å²) < 4.78 is 6.53.